The van der Waals surface area contributed by atoms with Crippen LogP contribution >= 0.6 is 0 Å². The molecule has 0 aliphatic carbocycles. The maximum atomic E-state index is 12.4. The van der Waals surface area contributed by atoms with Gasteiger partial charge in [0, 0.05) is 18.3 Å². The molecule has 3 aromatic carbocycles. The first-order chi connectivity index (χ1) is 14.0. The van der Waals surface area contributed by atoms with Crippen LogP contribution in [0.2, 0.25) is 0 Å². The SMILES string of the molecule is CC(=O)N(CC(=O)Nc1cccc(C#N)c1)c1ccc(Oc2ccccc2)cc1. The number of carbonyl (C=O) groups excluding carboxylic acids is 2. The molecule has 0 aliphatic rings. The van der Waals surface area contributed by atoms with Crippen LogP contribution in [0.3, 0.4) is 0 Å². The largest absolute Gasteiger partial charge is 0.457 e. The first-order valence-corrected chi connectivity index (χ1v) is 8.96. The number of nitriles is 1. The summed E-state index contributed by atoms with van der Waals surface area (Å²) in [7, 11) is 0. The van der Waals surface area contributed by atoms with Crippen molar-refractivity contribution in [1.82, 2.24) is 0 Å². The Hall–Kier alpha value is -4.11. The van der Waals surface area contributed by atoms with Crippen molar-refractivity contribution in [3.8, 4) is 17.6 Å². The van der Waals surface area contributed by atoms with Crippen molar-refractivity contribution < 1.29 is 14.3 Å². The molecule has 0 unspecified atom stereocenters. The molecule has 6 nitrogen and oxygen atoms in total. The fraction of sp³-hybridized carbons (Fsp3) is 0.0870. The first kappa shape index (κ1) is 19.6. The van der Waals surface area contributed by atoms with E-state index in [-0.39, 0.29) is 18.4 Å². The minimum absolute atomic E-state index is 0.148. The predicted molar refractivity (Wildman–Crippen MR) is 111 cm³/mol. The summed E-state index contributed by atoms with van der Waals surface area (Å²) < 4.78 is 5.75. The lowest BCUT2D eigenvalue weighted by atomic mass is 10.2. The first-order valence-electron chi connectivity index (χ1n) is 8.96. The number of amides is 2. The van der Waals surface area contributed by atoms with Gasteiger partial charge in [-0.05, 0) is 54.6 Å². The molecule has 0 radical (unpaired) electrons. The van der Waals surface area contributed by atoms with Gasteiger partial charge in [0.1, 0.15) is 18.0 Å². The van der Waals surface area contributed by atoms with Crippen LogP contribution in [0.15, 0.2) is 78.9 Å². The van der Waals surface area contributed by atoms with E-state index in [9.17, 15) is 9.59 Å². The predicted octanol–water partition coefficient (Wildman–Crippen LogP) is 4.34. The van der Waals surface area contributed by atoms with Crippen LogP contribution in [0.4, 0.5) is 11.4 Å². The summed E-state index contributed by atoms with van der Waals surface area (Å²) in [5, 5.41) is 11.7. The van der Waals surface area contributed by atoms with E-state index in [1.807, 2.05) is 36.4 Å². The van der Waals surface area contributed by atoms with Gasteiger partial charge in [-0.2, -0.15) is 5.26 Å². The van der Waals surface area contributed by atoms with Crippen LogP contribution in [0, 0.1) is 11.3 Å². The Kier molecular flexibility index (Phi) is 6.23. The van der Waals surface area contributed by atoms with Crippen LogP contribution in [0.5, 0.6) is 11.5 Å². The van der Waals surface area contributed by atoms with Crippen molar-refractivity contribution >= 4 is 23.2 Å². The molecule has 6 heteroatoms. The average Bonchev–Trinajstić information content (AvgIpc) is 2.73. The van der Waals surface area contributed by atoms with Crippen molar-refractivity contribution in [2.45, 2.75) is 6.92 Å². The molecule has 0 saturated carbocycles. The number of para-hydroxylation sites is 1. The molecule has 0 saturated heterocycles. The fourth-order valence-electron chi connectivity index (χ4n) is 2.71. The van der Waals surface area contributed by atoms with E-state index in [0.717, 1.165) is 0 Å². The van der Waals surface area contributed by atoms with Gasteiger partial charge in [-0.25, -0.2) is 0 Å². The Morgan fingerprint density at radius 3 is 2.31 bits per heavy atom. The molecular formula is C23H19N3O3. The molecule has 0 heterocycles. The smallest absolute Gasteiger partial charge is 0.244 e. The Morgan fingerprint density at radius 2 is 1.66 bits per heavy atom. The molecule has 144 valence electrons. The number of ether oxygens (including phenoxy) is 1. The van der Waals surface area contributed by atoms with E-state index >= 15 is 0 Å². The van der Waals surface area contributed by atoms with Crippen molar-refractivity contribution in [3.05, 3.63) is 84.4 Å². The number of hydrogen-bond donors (Lipinski definition) is 1. The van der Waals surface area contributed by atoms with Gasteiger partial charge in [-0.3, -0.25) is 9.59 Å². The van der Waals surface area contributed by atoms with Crippen LogP contribution in [-0.4, -0.2) is 18.4 Å². The number of nitrogens with one attached hydrogen (secondary N) is 1. The third kappa shape index (κ3) is 5.44. The lowest BCUT2D eigenvalue weighted by Gasteiger charge is -2.21. The molecule has 1 N–H and O–H groups in total. The van der Waals surface area contributed by atoms with Crippen molar-refractivity contribution in [2.24, 2.45) is 0 Å². The van der Waals surface area contributed by atoms with Gasteiger partial charge < -0.3 is 15.0 Å². The fourth-order valence-corrected chi connectivity index (χ4v) is 2.71. The third-order valence-corrected chi connectivity index (χ3v) is 4.08. The topological polar surface area (TPSA) is 82.4 Å². The van der Waals surface area contributed by atoms with Gasteiger partial charge >= 0.3 is 0 Å². The zero-order valence-electron chi connectivity index (χ0n) is 15.8. The van der Waals surface area contributed by atoms with E-state index in [4.69, 9.17) is 10.00 Å². The quantitative estimate of drug-likeness (QED) is 0.684. The zero-order valence-corrected chi connectivity index (χ0v) is 15.8. The second kappa shape index (κ2) is 9.20. The number of benzene rings is 3. The number of carbonyl (C=O) groups is 2. The van der Waals surface area contributed by atoms with Crippen molar-refractivity contribution in [1.29, 1.82) is 5.26 Å². The summed E-state index contributed by atoms with van der Waals surface area (Å²) in [4.78, 5) is 25.8. The maximum Gasteiger partial charge on any atom is 0.244 e. The van der Waals surface area contributed by atoms with Crippen LogP contribution < -0.4 is 15.0 Å². The van der Waals surface area contributed by atoms with E-state index in [1.54, 1.807) is 48.5 Å². The molecule has 3 aromatic rings. The molecule has 0 atom stereocenters. The lowest BCUT2D eigenvalue weighted by Crippen LogP contribution is -2.36. The van der Waals surface area contributed by atoms with Gasteiger partial charge in [0.25, 0.3) is 0 Å². The molecule has 0 fully saturated rings. The standard InChI is InChI=1S/C23H19N3O3/c1-17(27)26(16-23(28)25-19-7-5-6-18(14-19)15-24)20-10-12-22(13-11-20)29-21-8-3-2-4-9-21/h2-14H,16H2,1H3,(H,25,28). The normalized spacial score (nSPS) is 9.93. The highest BCUT2D eigenvalue weighted by molar-refractivity contribution is 6.01. The van der Waals surface area contributed by atoms with Crippen molar-refractivity contribution in [3.63, 3.8) is 0 Å². The highest BCUT2D eigenvalue weighted by Crippen LogP contribution is 2.24. The highest BCUT2D eigenvalue weighted by Gasteiger charge is 2.16. The molecule has 0 bridgehead atoms. The number of hydrogen-bond acceptors (Lipinski definition) is 4. The van der Waals surface area contributed by atoms with Crippen LogP contribution in [-0.2, 0) is 9.59 Å². The summed E-state index contributed by atoms with van der Waals surface area (Å²) in [6, 6.07) is 24.9. The van der Waals surface area contributed by atoms with Gasteiger partial charge in [0.2, 0.25) is 11.8 Å². The van der Waals surface area contributed by atoms with Crippen molar-refractivity contribution in [2.75, 3.05) is 16.8 Å². The second-order valence-electron chi connectivity index (χ2n) is 6.25. The Morgan fingerprint density at radius 1 is 0.966 bits per heavy atom. The summed E-state index contributed by atoms with van der Waals surface area (Å²) in [5.74, 6) is 0.714. The molecule has 3 rings (SSSR count). The van der Waals surface area contributed by atoms with Gasteiger partial charge in [-0.1, -0.05) is 24.3 Å². The van der Waals surface area contributed by atoms with Gasteiger partial charge in [0.05, 0.1) is 11.6 Å². The number of rotatable bonds is 6. The van der Waals surface area contributed by atoms with E-state index in [2.05, 4.69) is 5.32 Å². The monoisotopic (exact) mass is 385 g/mol. The number of anilines is 2. The summed E-state index contributed by atoms with van der Waals surface area (Å²) in [6.07, 6.45) is 0. The zero-order chi connectivity index (χ0) is 20.6. The third-order valence-electron chi connectivity index (χ3n) is 4.08. The minimum atomic E-state index is -0.361. The Labute approximate surface area is 169 Å². The molecule has 0 aliphatic heterocycles. The molecule has 2 amide bonds. The lowest BCUT2D eigenvalue weighted by molar-refractivity contribution is -0.120. The van der Waals surface area contributed by atoms with E-state index in [1.165, 1.54) is 11.8 Å². The van der Waals surface area contributed by atoms with E-state index < -0.39 is 0 Å². The molecule has 29 heavy (non-hydrogen) atoms. The van der Waals surface area contributed by atoms with Crippen LogP contribution in [0.1, 0.15) is 12.5 Å². The molecule has 0 aromatic heterocycles. The molecule has 0 spiro atoms. The van der Waals surface area contributed by atoms with E-state index in [0.29, 0.717) is 28.4 Å². The Bertz CT molecular complexity index is 1040. The van der Waals surface area contributed by atoms with Gasteiger partial charge in [-0.15, -0.1) is 0 Å². The maximum absolute atomic E-state index is 12.4. The summed E-state index contributed by atoms with van der Waals surface area (Å²) in [5.41, 5.74) is 1.53. The average molecular weight is 385 g/mol. The van der Waals surface area contributed by atoms with Crippen LogP contribution in [0.25, 0.3) is 0 Å². The molecular weight excluding hydrogens is 366 g/mol. The Balaban J connectivity index is 1.68. The highest BCUT2D eigenvalue weighted by atomic mass is 16.5. The summed E-state index contributed by atoms with van der Waals surface area (Å²) >= 11 is 0. The second-order valence-corrected chi connectivity index (χ2v) is 6.25. The minimum Gasteiger partial charge on any atom is -0.457 e. The summed E-state index contributed by atoms with van der Waals surface area (Å²) in [6.45, 7) is 1.25. The number of nitrogens with zero attached hydrogens (tertiary/aromatic N) is 2. The van der Waals surface area contributed by atoms with Gasteiger partial charge in [0.15, 0.2) is 0 Å².